The Balaban J connectivity index is 1.37. The van der Waals surface area contributed by atoms with Crippen LogP contribution in [0.1, 0.15) is 67.5 Å². The monoisotopic (exact) mass is 423 g/mol. The molecule has 3 fully saturated rings. The fraction of sp³-hybridized carbons (Fsp3) is 0.545. The minimum absolute atomic E-state index is 0.0474. The summed E-state index contributed by atoms with van der Waals surface area (Å²) in [5.41, 5.74) is 1.78. The highest BCUT2D eigenvalue weighted by atomic mass is 16.5. The van der Waals surface area contributed by atoms with Gasteiger partial charge < -0.3 is 19.2 Å². The molecule has 2 bridgehead atoms. The Kier molecular flexibility index (Phi) is 3.96. The topological polar surface area (TPSA) is 104 Å². The van der Waals surface area contributed by atoms with Crippen LogP contribution in [0.2, 0.25) is 0 Å². The number of rotatable bonds is 5. The van der Waals surface area contributed by atoms with E-state index in [0.717, 1.165) is 44.2 Å². The highest BCUT2D eigenvalue weighted by molar-refractivity contribution is 6.02. The summed E-state index contributed by atoms with van der Waals surface area (Å²) < 4.78 is 19.3. The average Bonchev–Trinajstić information content (AvgIpc) is 3.46. The van der Waals surface area contributed by atoms with E-state index in [-0.39, 0.29) is 28.7 Å². The number of hydrogen-bond acceptors (Lipinski definition) is 7. The van der Waals surface area contributed by atoms with Crippen molar-refractivity contribution in [1.82, 2.24) is 19.4 Å². The molecule has 2 atom stereocenters. The lowest BCUT2D eigenvalue weighted by atomic mass is 9.84. The number of ether oxygens (including phenoxy) is 2. The van der Waals surface area contributed by atoms with Crippen molar-refractivity contribution in [1.29, 1.82) is 0 Å². The molecule has 1 N–H and O–H groups in total. The lowest BCUT2D eigenvalue weighted by Gasteiger charge is -2.26. The van der Waals surface area contributed by atoms with Crippen molar-refractivity contribution in [2.24, 2.45) is 0 Å². The first-order valence-electron chi connectivity index (χ1n) is 10.9. The molecule has 3 aliphatic rings. The number of amides is 1. The predicted molar refractivity (Wildman–Crippen MR) is 110 cm³/mol. The van der Waals surface area contributed by atoms with Gasteiger partial charge in [-0.05, 0) is 45.4 Å². The molecule has 0 spiro atoms. The standard InChI is InChI=1S/C22H25N5O4/c1-13-23-15(10-29-13)19(28)25-17-9-27-8-16(22-7-6-21(2,11-22)30-12-22)24-18(27)20(26-17)31-14-4-3-5-14/h8-10,14H,3-7,11-12H2,1-2H3,(H,25,28). The lowest BCUT2D eigenvalue weighted by molar-refractivity contribution is -0.00627. The molecular formula is C22H25N5O4. The van der Waals surface area contributed by atoms with E-state index in [4.69, 9.17) is 18.9 Å². The van der Waals surface area contributed by atoms with Crippen molar-refractivity contribution in [3.05, 3.63) is 35.9 Å². The van der Waals surface area contributed by atoms with E-state index < -0.39 is 0 Å². The Bertz CT molecular complexity index is 1170. The number of fused-ring (bicyclic) bond motifs is 3. The summed E-state index contributed by atoms with van der Waals surface area (Å²) in [6, 6.07) is 0. The van der Waals surface area contributed by atoms with Gasteiger partial charge in [0, 0.05) is 18.5 Å². The van der Waals surface area contributed by atoms with Gasteiger partial charge in [-0.25, -0.2) is 9.97 Å². The number of nitrogens with zero attached hydrogens (tertiary/aromatic N) is 4. The van der Waals surface area contributed by atoms with Crippen molar-refractivity contribution in [3.8, 4) is 5.88 Å². The molecule has 4 heterocycles. The first-order valence-corrected chi connectivity index (χ1v) is 10.9. The molecule has 31 heavy (non-hydrogen) atoms. The number of imidazole rings is 1. The average molecular weight is 423 g/mol. The largest absolute Gasteiger partial charge is 0.472 e. The van der Waals surface area contributed by atoms with Crippen LogP contribution >= 0.6 is 0 Å². The summed E-state index contributed by atoms with van der Waals surface area (Å²) in [6.07, 6.45) is 11.5. The lowest BCUT2D eigenvalue weighted by Crippen LogP contribution is -2.27. The van der Waals surface area contributed by atoms with Crippen LogP contribution in [-0.2, 0) is 10.2 Å². The molecule has 1 aliphatic heterocycles. The number of oxazole rings is 1. The van der Waals surface area contributed by atoms with E-state index in [2.05, 4.69) is 22.2 Å². The van der Waals surface area contributed by atoms with Crippen molar-refractivity contribution < 1.29 is 18.7 Å². The molecule has 9 heteroatoms. The Labute approximate surface area is 179 Å². The normalized spacial score (nSPS) is 27.5. The highest BCUT2D eigenvalue weighted by Crippen LogP contribution is 2.53. The third-order valence-corrected chi connectivity index (χ3v) is 6.92. The summed E-state index contributed by atoms with van der Waals surface area (Å²) in [6.45, 7) is 4.57. The van der Waals surface area contributed by atoms with Crippen LogP contribution in [0.15, 0.2) is 23.1 Å². The van der Waals surface area contributed by atoms with E-state index in [9.17, 15) is 4.79 Å². The third kappa shape index (κ3) is 3.10. The number of anilines is 1. The van der Waals surface area contributed by atoms with Crippen molar-refractivity contribution >= 4 is 17.4 Å². The van der Waals surface area contributed by atoms with Crippen LogP contribution in [-0.4, -0.2) is 43.6 Å². The van der Waals surface area contributed by atoms with Gasteiger partial charge in [-0.1, -0.05) is 0 Å². The molecular weight excluding hydrogens is 398 g/mol. The summed E-state index contributed by atoms with van der Waals surface area (Å²) in [4.78, 5) is 26.2. The smallest absolute Gasteiger partial charge is 0.278 e. The van der Waals surface area contributed by atoms with Gasteiger partial charge in [0.2, 0.25) is 5.65 Å². The maximum Gasteiger partial charge on any atom is 0.278 e. The Morgan fingerprint density at radius 1 is 1.26 bits per heavy atom. The van der Waals surface area contributed by atoms with E-state index in [0.29, 0.717) is 29.8 Å². The third-order valence-electron chi connectivity index (χ3n) is 6.92. The maximum atomic E-state index is 12.6. The van der Waals surface area contributed by atoms with Crippen molar-refractivity contribution in [3.63, 3.8) is 0 Å². The summed E-state index contributed by atoms with van der Waals surface area (Å²) in [5.74, 6) is 0.880. The zero-order chi connectivity index (χ0) is 21.2. The number of aromatic nitrogens is 4. The Morgan fingerprint density at radius 3 is 2.74 bits per heavy atom. The van der Waals surface area contributed by atoms with E-state index in [1.165, 1.54) is 6.26 Å². The highest BCUT2D eigenvalue weighted by Gasteiger charge is 2.55. The molecule has 3 aromatic rings. The van der Waals surface area contributed by atoms with Crippen LogP contribution < -0.4 is 10.1 Å². The van der Waals surface area contributed by atoms with Gasteiger partial charge in [0.1, 0.15) is 12.4 Å². The second-order valence-corrected chi connectivity index (χ2v) is 9.36. The molecule has 162 valence electrons. The number of aryl methyl sites for hydroxylation is 1. The van der Waals surface area contributed by atoms with E-state index >= 15 is 0 Å². The van der Waals surface area contributed by atoms with Gasteiger partial charge in [-0.2, -0.15) is 4.98 Å². The first kappa shape index (κ1) is 18.8. The molecule has 1 saturated heterocycles. The maximum absolute atomic E-state index is 12.6. The Morgan fingerprint density at radius 2 is 2.13 bits per heavy atom. The van der Waals surface area contributed by atoms with Crippen LogP contribution in [0.4, 0.5) is 5.82 Å². The fourth-order valence-electron chi connectivity index (χ4n) is 4.91. The summed E-state index contributed by atoms with van der Waals surface area (Å²) in [5, 5.41) is 2.80. The zero-order valence-electron chi connectivity index (χ0n) is 17.7. The SMILES string of the molecule is Cc1nc(C(=O)Nc2cn3cc(C45CCC(C)(C4)OC5)nc3c(OC3CCC3)n2)co1. The Hall–Kier alpha value is -2.94. The first-order chi connectivity index (χ1) is 14.9. The zero-order valence-corrected chi connectivity index (χ0v) is 17.7. The molecule has 2 unspecified atom stereocenters. The van der Waals surface area contributed by atoms with Crippen LogP contribution in [0.3, 0.4) is 0 Å². The fourth-order valence-corrected chi connectivity index (χ4v) is 4.91. The predicted octanol–water partition coefficient (Wildman–Crippen LogP) is 3.42. The number of carbonyl (C=O) groups is 1. The molecule has 3 aromatic heterocycles. The molecule has 0 aromatic carbocycles. The second-order valence-electron chi connectivity index (χ2n) is 9.36. The van der Waals surface area contributed by atoms with E-state index in [1.54, 1.807) is 13.1 Å². The summed E-state index contributed by atoms with van der Waals surface area (Å²) in [7, 11) is 0. The number of hydrogen-bond donors (Lipinski definition) is 1. The minimum Gasteiger partial charge on any atom is -0.472 e. The van der Waals surface area contributed by atoms with Gasteiger partial charge in [0.15, 0.2) is 17.4 Å². The van der Waals surface area contributed by atoms with Gasteiger partial charge in [-0.15, -0.1) is 0 Å². The number of carbonyl (C=O) groups excluding carboxylic acids is 1. The molecule has 2 saturated carbocycles. The second kappa shape index (κ2) is 6.53. The molecule has 9 nitrogen and oxygen atoms in total. The van der Waals surface area contributed by atoms with Crippen LogP contribution in [0.5, 0.6) is 5.88 Å². The molecule has 2 aliphatic carbocycles. The van der Waals surface area contributed by atoms with Gasteiger partial charge >= 0.3 is 0 Å². The van der Waals surface area contributed by atoms with Gasteiger partial charge in [-0.3, -0.25) is 9.20 Å². The van der Waals surface area contributed by atoms with Gasteiger partial charge in [0.05, 0.1) is 24.1 Å². The minimum atomic E-state index is -0.382. The number of nitrogens with one attached hydrogen (secondary N) is 1. The molecule has 0 radical (unpaired) electrons. The molecule has 6 rings (SSSR count). The van der Waals surface area contributed by atoms with Crippen molar-refractivity contribution in [2.75, 3.05) is 11.9 Å². The van der Waals surface area contributed by atoms with Crippen molar-refractivity contribution in [2.45, 2.75) is 69.5 Å². The van der Waals surface area contributed by atoms with E-state index in [1.807, 2.05) is 10.6 Å². The van der Waals surface area contributed by atoms with Crippen LogP contribution in [0.25, 0.3) is 5.65 Å². The molecule has 1 amide bonds. The summed E-state index contributed by atoms with van der Waals surface area (Å²) >= 11 is 0. The van der Waals surface area contributed by atoms with Crippen LogP contribution in [0, 0.1) is 6.92 Å². The quantitative estimate of drug-likeness (QED) is 0.670. The van der Waals surface area contributed by atoms with Gasteiger partial charge in [0.25, 0.3) is 11.8 Å².